The fraction of sp³-hybridized carbons (Fsp3) is 0.167. The van der Waals surface area contributed by atoms with Gasteiger partial charge in [-0.3, -0.25) is 9.59 Å². The molecule has 134 valence electrons. The minimum absolute atomic E-state index is 0.124. The molecule has 1 unspecified atom stereocenters. The Morgan fingerprint density at radius 1 is 1.08 bits per heavy atom. The van der Waals surface area contributed by atoms with Crippen LogP contribution in [0.3, 0.4) is 0 Å². The van der Waals surface area contributed by atoms with E-state index >= 15 is 0 Å². The fourth-order valence-electron chi connectivity index (χ4n) is 2.33. The first-order valence-electron chi connectivity index (χ1n) is 7.69. The number of carbonyl (C=O) groups is 2. The molecule has 2 N–H and O–H groups in total. The summed E-state index contributed by atoms with van der Waals surface area (Å²) in [7, 11) is -4.06. The second-order valence-corrected chi connectivity index (χ2v) is 7.22. The van der Waals surface area contributed by atoms with E-state index in [9.17, 15) is 18.0 Å². The summed E-state index contributed by atoms with van der Waals surface area (Å²) in [5.41, 5.74) is 0.999. The average Bonchev–Trinajstić information content (AvgIpc) is 2.61. The number of nitrogens with one attached hydrogen (secondary N) is 2. The molecule has 2 amide bonds. The highest BCUT2D eigenvalue weighted by atomic mass is 32.2. The van der Waals surface area contributed by atoms with Crippen LogP contribution < -0.4 is 10.0 Å². The van der Waals surface area contributed by atoms with Gasteiger partial charge in [0.1, 0.15) is 0 Å². The van der Waals surface area contributed by atoms with Gasteiger partial charge in [0.15, 0.2) is 0 Å². The molecule has 0 aliphatic rings. The van der Waals surface area contributed by atoms with E-state index in [1.165, 1.54) is 31.2 Å². The third-order valence-corrected chi connectivity index (χ3v) is 4.90. The number of hydrogen-bond donors (Lipinski definition) is 2. The van der Waals surface area contributed by atoms with Crippen molar-refractivity contribution in [2.75, 3.05) is 0 Å². The van der Waals surface area contributed by atoms with Gasteiger partial charge in [0.25, 0.3) is 10.0 Å². The highest BCUT2D eigenvalue weighted by Crippen LogP contribution is 2.17. The van der Waals surface area contributed by atoms with Crippen LogP contribution in [0.25, 0.3) is 0 Å². The Hall–Kier alpha value is -3.18. The van der Waals surface area contributed by atoms with Gasteiger partial charge in [-0.05, 0) is 29.8 Å². The lowest BCUT2D eigenvalue weighted by atomic mass is 10.0. The maximum atomic E-state index is 12.3. The zero-order chi connectivity index (χ0) is 19.2. The van der Waals surface area contributed by atoms with Crippen molar-refractivity contribution in [1.82, 2.24) is 10.0 Å². The third kappa shape index (κ3) is 5.16. The van der Waals surface area contributed by atoms with Crippen molar-refractivity contribution in [2.45, 2.75) is 24.3 Å². The van der Waals surface area contributed by atoms with Crippen molar-refractivity contribution in [1.29, 1.82) is 5.26 Å². The second-order valence-electron chi connectivity index (χ2n) is 5.53. The lowest BCUT2D eigenvalue weighted by molar-refractivity contribution is -0.121. The molecule has 7 nitrogen and oxygen atoms in total. The van der Waals surface area contributed by atoms with Crippen molar-refractivity contribution in [3.63, 3.8) is 0 Å². The summed E-state index contributed by atoms with van der Waals surface area (Å²) in [6, 6.07) is 15.2. The van der Waals surface area contributed by atoms with Gasteiger partial charge in [0.05, 0.1) is 29.0 Å². The first-order valence-corrected chi connectivity index (χ1v) is 9.18. The second kappa shape index (κ2) is 8.27. The predicted molar refractivity (Wildman–Crippen MR) is 94.1 cm³/mol. The van der Waals surface area contributed by atoms with E-state index in [0.29, 0.717) is 11.1 Å². The Bertz CT molecular complexity index is 933. The molecule has 0 saturated carbocycles. The average molecular weight is 371 g/mol. The number of rotatable bonds is 6. The molecule has 0 bridgehead atoms. The summed E-state index contributed by atoms with van der Waals surface area (Å²) in [5, 5.41) is 11.4. The zero-order valence-corrected chi connectivity index (χ0v) is 14.8. The molecule has 0 saturated heterocycles. The van der Waals surface area contributed by atoms with Crippen molar-refractivity contribution in [3.8, 4) is 6.07 Å². The van der Waals surface area contributed by atoms with E-state index in [0.717, 1.165) is 0 Å². The number of hydrogen-bond acceptors (Lipinski definition) is 5. The highest BCUT2D eigenvalue weighted by molar-refractivity contribution is 7.90. The summed E-state index contributed by atoms with van der Waals surface area (Å²) >= 11 is 0. The number of carbonyl (C=O) groups excluding carboxylic acids is 2. The number of sulfonamides is 1. The van der Waals surface area contributed by atoms with E-state index < -0.39 is 22.0 Å². The molecule has 0 aliphatic carbocycles. The van der Waals surface area contributed by atoms with Crippen molar-refractivity contribution in [2.24, 2.45) is 0 Å². The molecule has 8 heteroatoms. The normalized spacial score (nSPS) is 11.8. The van der Waals surface area contributed by atoms with Gasteiger partial charge < -0.3 is 5.32 Å². The van der Waals surface area contributed by atoms with Gasteiger partial charge in [0, 0.05) is 6.92 Å². The molecule has 0 radical (unpaired) electrons. The lowest BCUT2D eigenvalue weighted by Gasteiger charge is -2.18. The molecule has 2 rings (SSSR count). The number of amides is 2. The van der Waals surface area contributed by atoms with Crippen LogP contribution in [0.1, 0.15) is 30.5 Å². The monoisotopic (exact) mass is 371 g/mol. The fourth-order valence-corrected chi connectivity index (χ4v) is 3.32. The smallest absolute Gasteiger partial charge is 0.264 e. The molecule has 2 aromatic rings. The minimum atomic E-state index is -4.06. The Balaban J connectivity index is 2.13. The molecular weight excluding hydrogens is 354 g/mol. The predicted octanol–water partition coefficient (Wildman–Crippen LogP) is 1.63. The SMILES string of the molecule is CC(=O)NC(CC(=O)NS(=O)(=O)c1ccc(C#N)cc1)c1ccccc1. The Kier molecular flexibility index (Phi) is 6.09. The maximum Gasteiger partial charge on any atom is 0.264 e. The van der Waals surface area contributed by atoms with Crippen LogP contribution in [-0.2, 0) is 19.6 Å². The largest absolute Gasteiger partial charge is 0.349 e. The van der Waals surface area contributed by atoms with Gasteiger partial charge in [0.2, 0.25) is 11.8 Å². The lowest BCUT2D eigenvalue weighted by Crippen LogP contribution is -2.35. The van der Waals surface area contributed by atoms with E-state index in [-0.39, 0.29) is 17.2 Å². The zero-order valence-electron chi connectivity index (χ0n) is 14.0. The number of nitriles is 1. The van der Waals surface area contributed by atoms with E-state index in [1.54, 1.807) is 30.3 Å². The van der Waals surface area contributed by atoms with Crippen LogP contribution in [0.2, 0.25) is 0 Å². The van der Waals surface area contributed by atoms with Gasteiger partial charge >= 0.3 is 0 Å². The van der Waals surface area contributed by atoms with Crippen molar-refractivity contribution >= 4 is 21.8 Å². The quantitative estimate of drug-likeness (QED) is 0.800. The number of benzene rings is 2. The molecule has 0 fully saturated rings. The van der Waals surface area contributed by atoms with Crippen molar-refractivity contribution < 1.29 is 18.0 Å². The molecule has 0 heterocycles. The minimum Gasteiger partial charge on any atom is -0.349 e. The van der Waals surface area contributed by atoms with Crippen LogP contribution in [0, 0.1) is 11.3 Å². The first kappa shape index (κ1) is 19.1. The van der Waals surface area contributed by atoms with E-state index in [2.05, 4.69) is 5.32 Å². The van der Waals surface area contributed by atoms with Crippen molar-refractivity contribution in [3.05, 3.63) is 65.7 Å². The van der Waals surface area contributed by atoms with Crippen LogP contribution in [0.4, 0.5) is 0 Å². The van der Waals surface area contributed by atoms with Crippen LogP contribution >= 0.6 is 0 Å². The summed E-state index contributed by atoms with van der Waals surface area (Å²) in [5.74, 6) is -1.08. The Labute approximate surface area is 151 Å². The first-order chi connectivity index (χ1) is 12.3. The topological polar surface area (TPSA) is 116 Å². The van der Waals surface area contributed by atoms with Crippen LogP contribution in [0.15, 0.2) is 59.5 Å². The standard InChI is InChI=1S/C18H17N3O4S/c1-13(22)20-17(15-5-3-2-4-6-15)11-18(23)21-26(24,25)16-9-7-14(12-19)8-10-16/h2-10,17H,11H2,1H3,(H,20,22)(H,21,23). The summed E-state index contributed by atoms with van der Waals surface area (Å²) in [6.45, 7) is 1.32. The Morgan fingerprint density at radius 3 is 2.23 bits per heavy atom. The molecule has 0 aromatic heterocycles. The van der Waals surface area contributed by atoms with Gasteiger partial charge in [-0.1, -0.05) is 30.3 Å². The van der Waals surface area contributed by atoms with Gasteiger partial charge in [-0.25, -0.2) is 13.1 Å². The molecule has 26 heavy (non-hydrogen) atoms. The highest BCUT2D eigenvalue weighted by Gasteiger charge is 2.22. The maximum absolute atomic E-state index is 12.3. The summed E-state index contributed by atoms with van der Waals surface area (Å²) < 4.78 is 26.5. The molecule has 0 spiro atoms. The third-order valence-electron chi connectivity index (χ3n) is 3.51. The van der Waals surface area contributed by atoms with Crippen LogP contribution in [0.5, 0.6) is 0 Å². The number of nitrogens with zero attached hydrogens (tertiary/aromatic N) is 1. The summed E-state index contributed by atoms with van der Waals surface area (Å²) in [6.07, 6.45) is -0.237. The van der Waals surface area contributed by atoms with Gasteiger partial charge in [-0.2, -0.15) is 5.26 Å². The van der Waals surface area contributed by atoms with E-state index in [1.807, 2.05) is 10.8 Å². The summed E-state index contributed by atoms with van der Waals surface area (Å²) in [4.78, 5) is 23.5. The molecule has 0 aliphatic heterocycles. The van der Waals surface area contributed by atoms with Gasteiger partial charge in [-0.15, -0.1) is 0 Å². The Morgan fingerprint density at radius 2 is 1.69 bits per heavy atom. The molecular formula is C18H17N3O4S. The molecule has 2 aromatic carbocycles. The van der Waals surface area contributed by atoms with Crippen LogP contribution in [-0.4, -0.2) is 20.2 Å². The van der Waals surface area contributed by atoms with E-state index in [4.69, 9.17) is 5.26 Å². The molecule has 1 atom stereocenters.